The number of aliphatic hydroxyl groups excluding tert-OH is 1. The first-order valence-corrected chi connectivity index (χ1v) is 9.71. The lowest BCUT2D eigenvalue weighted by Gasteiger charge is -2.31. The van der Waals surface area contributed by atoms with Crippen LogP contribution in [0.25, 0.3) is 10.8 Å². The molecule has 6 heteroatoms. The minimum absolute atomic E-state index is 0.204. The summed E-state index contributed by atoms with van der Waals surface area (Å²) < 4.78 is 5.33. The summed E-state index contributed by atoms with van der Waals surface area (Å²) in [5.74, 6) is 2.57. The highest BCUT2D eigenvalue weighted by molar-refractivity contribution is 5.98. The normalized spacial score (nSPS) is 15.0. The van der Waals surface area contributed by atoms with Crippen molar-refractivity contribution in [1.82, 2.24) is 10.2 Å². The summed E-state index contributed by atoms with van der Waals surface area (Å²) in [4.78, 5) is 2.22. The Balaban J connectivity index is 1.58. The number of nitrogens with zero attached hydrogens (tertiary/aromatic N) is 3. The third-order valence-electron chi connectivity index (χ3n) is 5.35. The first-order chi connectivity index (χ1) is 13.7. The predicted molar refractivity (Wildman–Crippen MR) is 112 cm³/mol. The zero-order chi connectivity index (χ0) is 19.5. The van der Waals surface area contributed by atoms with Crippen LogP contribution in [-0.4, -0.2) is 41.6 Å². The average molecular weight is 378 g/mol. The predicted octanol–water partition coefficient (Wildman–Crippen LogP) is 3.52. The Bertz CT molecular complexity index is 968. The SMILES string of the molecule is COc1ccc(CNc2nnc(N3CCC(O)CC3)c3ccccc23)cc1C. The highest BCUT2D eigenvalue weighted by Gasteiger charge is 2.21. The maximum atomic E-state index is 9.78. The lowest BCUT2D eigenvalue weighted by Crippen LogP contribution is -2.36. The molecule has 0 bridgehead atoms. The Kier molecular flexibility index (Phi) is 5.30. The lowest BCUT2D eigenvalue weighted by atomic mass is 10.1. The van der Waals surface area contributed by atoms with Crippen LogP contribution in [0.4, 0.5) is 11.6 Å². The first kappa shape index (κ1) is 18.5. The molecule has 1 aliphatic rings. The monoisotopic (exact) mass is 378 g/mol. The number of benzene rings is 2. The van der Waals surface area contributed by atoms with E-state index in [2.05, 4.69) is 44.7 Å². The molecule has 1 saturated heterocycles. The number of aliphatic hydroxyl groups is 1. The van der Waals surface area contributed by atoms with Gasteiger partial charge in [0.15, 0.2) is 11.6 Å². The van der Waals surface area contributed by atoms with Crippen molar-refractivity contribution in [3.63, 3.8) is 0 Å². The Morgan fingerprint density at radius 2 is 1.86 bits per heavy atom. The van der Waals surface area contributed by atoms with Gasteiger partial charge in [-0.1, -0.05) is 36.4 Å². The molecule has 2 heterocycles. The quantitative estimate of drug-likeness (QED) is 0.708. The maximum absolute atomic E-state index is 9.78. The molecule has 2 N–H and O–H groups in total. The number of anilines is 2. The van der Waals surface area contributed by atoms with Crippen LogP contribution in [-0.2, 0) is 6.54 Å². The molecule has 0 aliphatic carbocycles. The second-order valence-corrected chi connectivity index (χ2v) is 7.29. The van der Waals surface area contributed by atoms with Gasteiger partial charge in [-0.2, -0.15) is 0 Å². The number of hydrogen-bond donors (Lipinski definition) is 2. The van der Waals surface area contributed by atoms with E-state index in [0.717, 1.165) is 59.7 Å². The van der Waals surface area contributed by atoms with E-state index in [9.17, 15) is 5.11 Å². The fourth-order valence-corrected chi connectivity index (χ4v) is 3.77. The average Bonchev–Trinajstić information content (AvgIpc) is 2.73. The molecule has 1 fully saturated rings. The molecule has 6 nitrogen and oxygen atoms in total. The van der Waals surface area contributed by atoms with Crippen LogP contribution in [0.5, 0.6) is 5.75 Å². The highest BCUT2D eigenvalue weighted by atomic mass is 16.5. The smallest absolute Gasteiger partial charge is 0.159 e. The third kappa shape index (κ3) is 3.73. The number of methoxy groups -OCH3 is 1. The zero-order valence-corrected chi connectivity index (χ0v) is 16.4. The molecule has 0 amide bonds. The van der Waals surface area contributed by atoms with Gasteiger partial charge in [-0.15, -0.1) is 10.2 Å². The van der Waals surface area contributed by atoms with Crippen molar-refractivity contribution in [1.29, 1.82) is 0 Å². The molecule has 0 spiro atoms. The Morgan fingerprint density at radius 1 is 1.11 bits per heavy atom. The minimum Gasteiger partial charge on any atom is -0.496 e. The van der Waals surface area contributed by atoms with Crippen LogP contribution in [0.3, 0.4) is 0 Å². The number of aromatic nitrogens is 2. The lowest BCUT2D eigenvalue weighted by molar-refractivity contribution is 0.145. The molecular formula is C22H26N4O2. The molecule has 0 radical (unpaired) electrons. The largest absolute Gasteiger partial charge is 0.496 e. The van der Waals surface area contributed by atoms with Crippen molar-refractivity contribution in [3.05, 3.63) is 53.6 Å². The summed E-state index contributed by atoms with van der Waals surface area (Å²) in [6.07, 6.45) is 1.34. The molecule has 1 aromatic heterocycles. The zero-order valence-electron chi connectivity index (χ0n) is 16.4. The summed E-state index contributed by atoms with van der Waals surface area (Å²) in [5, 5.41) is 24.4. The Labute approximate surface area is 165 Å². The van der Waals surface area contributed by atoms with Crippen molar-refractivity contribution >= 4 is 22.4 Å². The van der Waals surface area contributed by atoms with Crippen LogP contribution in [0.1, 0.15) is 24.0 Å². The fourth-order valence-electron chi connectivity index (χ4n) is 3.77. The van der Waals surface area contributed by atoms with Crippen molar-refractivity contribution < 1.29 is 9.84 Å². The first-order valence-electron chi connectivity index (χ1n) is 9.71. The molecule has 1 aliphatic heterocycles. The van der Waals surface area contributed by atoms with Crippen LogP contribution in [0, 0.1) is 6.92 Å². The molecule has 146 valence electrons. The van der Waals surface area contributed by atoms with E-state index in [0.29, 0.717) is 6.54 Å². The second kappa shape index (κ2) is 8.02. The second-order valence-electron chi connectivity index (χ2n) is 7.29. The van der Waals surface area contributed by atoms with E-state index < -0.39 is 0 Å². The van der Waals surface area contributed by atoms with E-state index in [1.807, 2.05) is 25.1 Å². The van der Waals surface area contributed by atoms with Gasteiger partial charge in [0.05, 0.1) is 13.2 Å². The van der Waals surface area contributed by atoms with Crippen LogP contribution in [0.2, 0.25) is 0 Å². The van der Waals surface area contributed by atoms with Gasteiger partial charge >= 0.3 is 0 Å². The van der Waals surface area contributed by atoms with E-state index in [-0.39, 0.29) is 6.10 Å². The minimum atomic E-state index is -0.204. The number of piperidine rings is 1. The van der Waals surface area contributed by atoms with Crippen molar-refractivity contribution in [2.75, 3.05) is 30.4 Å². The summed E-state index contributed by atoms with van der Waals surface area (Å²) >= 11 is 0. The standard InChI is InChI=1S/C22H26N4O2/c1-15-13-16(7-8-20(15)28-2)14-23-21-18-5-3-4-6-19(18)22(25-24-21)26-11-9-17(27)10-12-26/h3-8,13,17,27H,9-12,14H2,1-2H3,(H,23,24). The number of fused-ring (bicyclic) bond motifs is 1. The molecule has 4 rings (SSSR count). The molecule has 28 heavy (non-hydrogen) atoms. The van der Waals surface area contributed by atoms with Gasteiger partial charge in [-0.25, -0.2) is 0 Å². The van der Waals surface area contributed by atoms with Gasteiger partial charge in [-0.05, 0) is 37.0 Å². The number of aryl methyl sites for hydroxylation is 1. The molecule has 0 saturated carbocycles. The van der Waals surface area contributed by atoms with Gasteiger partial charge in [0.1, 0.15) is 5.75 Å². The molecule has 0 unspecified atom stereocenters. The van der Waals surface area contributed by atoms with E-state index >= 15 is 0 Å². The molecule has 0 atom stereocenters. The molecular weight excluding hydrogens is 352 g/mol. The summed E-state index contributed by atoms with van der Waals surface area (Å²) in [7, 11) is 1.69. The van der Waals surface area contributed by atoms with Crippen LogP contribution in [0.15, 0.2) is 42.5 Å². The molecule has 3 aromatic rings. The number of ether oxygens (including phenoxy) is 1. The summed E-state index contributed by atoms with van der Waals surface area (Å²) in [6, 6.07) is 14.4. The maximum Gasteiger partial charge on any atom is 0.159 e. The van der Waals surface area contributed by atoms with Gasteiger partial charge in [0, 0.05) is 30.4 Å². The molecule has 2 aromatic carbocycles. The van der Waals surface area contributed by atoms with E-state index in [4.69, 9.17) is 4.74 Å². The third-order valence-corrected chi connectivity index (χ3v) is 5.35. The number of hydrogen-bond acceptors (Lipinski definition) is 6. The summed E-state index contributed by atoms with van der Waals surface area (Å²) in [6.45, 7) is 4.32. The van der Waals surface area contributed by atoms with Crippen LogP contribution >= 0.6 is 0 Å². The number of rotatable bonds is 5. The fraction of sp³-hybridized carbons (Fsp3) is 0.364. The van der Waals surface area contributed by atoms with Gasteiger partial charge in [0.2, 0.25) is 0 Å². The Morgan fingerprint density at radius 3 is 2.57 bits per heavy atom. The van der Waals surface area contributed by atoms with Gasteiger partial charge in [-0.3, -0.25) is 0 Å². The topological polar surface area (TPSA) is 70.5 Å². The van der Waals surface area contributed by atoms with Crippen molar-refractivity contribution in [3.8, 4) is 5.75 Å². The van der Waals surface area contributed by atoms with Gasteiger partial charge < -0.3 is 20.1 Å². The van der Waals surface area contributed by atoms with Crippen LogP contribution < -0.4 is 15.0 Å². The van der Waals surface area contributed by atoms with Gasteiger partial charge in [0.25, 0.3) is 0 Å². The van der Waals surface area contributed by atoms with E-state index in [1.54, 1.807) is 7.11 Å². The highest BCUT2D eigenvalue weighted by Crippen LogP contribution is 2.30. The van der Waals surface area contributed by atoms with Crippen molar-refractivity contribution in [2.45, 2.75) is 32.4 Å². The van der Waals surface area contributed by atoms with Crippen molar-refractivity contribution in [2.24, 2.45) is 0 Å². The van der Waals surface area contributed by atoms with E-state index in [1.165, 1.54) is 5.56 Å². The number of nitrogens with one attached hydrogen (secondary N) is 1. The summed E-state index contributed by atoms with van der Waals surface area (Å²) in [5.41, 5.74) is 2.28. The Hall–Kier alpha value is -2.86.